The van der Waals surface area contributed by atoms with Crippen LogP contribution in [0.15, 0.2) is 35.6 Å². The monoisotopic (exact) mass is 359 g/mol. The molecule has 0 aromatic carbocycles. The van der Waals surface area contributed by atoms with Crippen LogP contribution in [0.1, 0.15) is 30.9 Å². The van der Waals surface area contributed by atoms with Crippen LogP contribution in [0.5, 0.6) is 0 Å². The highest BCUT2D eigenvalue weighted by molar-refractivity contribution is 8.16. The first kappa shape index (κ1) is 18.8. The smallest absolute Gasteiger partial charge is 0.116 e. The Morgan fingerprint density at radius 1 is 1.38 bits per heavy atom. The summed E-state index contributed by atoms with van der Waals surface area (Å²) in [4.78, 5) is 8.90. The van der Waals surface area contributed by atoms with Gasteiger partial charge in [-0.25, -0.2) is 4.98 Å². The number of methoxy groups -OCH3 is 1. The lowest BCUT2D eigenvalue weighted by Gasteiger charge is -2.14. The fraction of sp³-hybridized carbons (Fsp3) is 0.389. The number of nitriles is 1. The maximum absolute atomic E-state index is 9.61. The van der Waals surface area contributed by atoms with E-state index in [9.17, 15) is 5.26 Å². The van der Waals surface area contributed by atoms with Gasteiger partial charge in [0.15, 0.2) is 0 Å². The van der Waals surface area contributed by atoms with Crippen LogP contribution >= 0.6 is 23.5 Å². The molecule has 2 rings (SSSR count). The van der Waals surface area contributed by atoms with Crippen molar-refractivity contribution in [2.45, 2.75) is 24.8 Å². The van der Waals surface area contributed by atoms with Gasteiger partial charge in [0.25, 0.3) is 0 Å². The van der Waals surface area contributed by atoms with Crippen LogP contribution in [0.25, 0.3) is 11.3 Å². The van der Waals surface area contributed by atoms with Gasteiger partial charge in [0.2, 0.25) is 0 Å². The average molecular weight is 360 g/mol. The molecule has 0 unspecified atom stereocenters. The number of nitrogens with zero attached hydrogens (tertiary/aromatic N) is 3. The number of ether oxygens (including phenoxy) is 1. The second-order valence-electron chi connectivity index (χ2n) is 5.45. The van der Waals surface area contributed by atoms with Gasteiger partial charge in [0, 0.05) is 35.9 Å². The highest BCUT2D eigenvalue weighted by Gasteiger charge is 2.16. The standard InChI is InChI=1S/C18H21N3OS2/c1-13(2)15-9-17(14-5-4-6-20-11-14)21-18(16(15)10-19)24-12-23-8-7-22-3/h4-6,9,11,13H,7-8,12H2,1-3H3. The molecule has 0 amide bonds. The number of thioether (sulfide) groups is 2. The van der Waals surface area contributed by atoms with E-state index in [1.54, 1.807) is 43.0 Å². The van der Waals surface area contributed by atoms with Gasteiger partial charge in [-0.15, -0.1) is 11.8 Å². The highest BCUT2D eigenvalue weighted by atomic mass is 32.2. The minimum absolute atomic E-state index is 0.263. The van der Waals surface area contributed by atoms with Crippen molar-refractivity contribution >= 4 is 23.5 Å². The van der Waals surface area contributed by atoms with Gasteiger partial charge in [-0.05, 0) is 29.7 Å². The second kappa shape index (κ2) is 9.67. The van der Waals surface area contributed by atoms with Crippen molar-refractivity contribution < 1.29 is 4.74 Å². The summed E-state index contributed by atoms with van der Waals surface area (Å²) in [5.41, 5.74) is 3.57. The molecule has 0 saturated carbocycles. The molecule has 0 fully saturated rings. The van der Waals surface area contributed by atoms with Crippen molar-refractivity contribution in [1.29, 1.82) is 5.26 Å². The molecular formula is C18H21N3OS2. The summed E-state index contributed by atoms with van der Waals surface area (Å²) < 4.78 is 5.06. The molecule has 0 N–H and O–H groups in total. The molecule has 0 bridgehead atoms. The van der Waals surface area contributed by atoms with Crippen LogP contribution in [0.3, 0.4) is 0 Å². The van der Waals surface area contributed by atoms with Gasteiger partial charge in [-0.3, -0.25) is 4.98 Å². The zero-order valence-electron chi connectivity index (χ0n) is 14.2. The van der Waals surface area contributed by atoms with E-state index in [1.807, 2.05) is 18.2 Å². The lowest BCUT2D eigenvalue weighted by Crippen LogP contribution is -2.01. The molecule has 0 saturated heterocycles. The molecular weight excluding hydrogens is 338 g/mol. The summed E-state index contributed by atoms with van der Waals surface area (Å²) >= 11 is 3.40. The first-order valence-corrected chi connectivity index (χ1v) is 9.86. The lowest BCUT2D eigenvalue weighted by atomic mass is 9.97. The Morgan fingerprint density at radius 2 is 2.21 bits per heavy atom. The molecule has 0 spiro atoms. The Bertz CT molecular complexity index is 699. The number of hydrogen-bond acceptors (Lipinski definition) is 6. The quantitative estimate of drug-likeness (QED) is 0.391. The number of aromatic nitrogens is 2. The maximum Gasteiger partial charge on any atom is 0.116 e. The van der Waals surface area contributed by atoms with Crippen LogP contribution in [0.2, 0.25) is 0 Å². The van der Waals surface area contributed by atoms with Crippen LogP contribution in [0, 0.1) is 11.3 Å². The Balaban J connectivity index is 2.32. The second-order valence-corrected chi connectivity index (χ2v) is 7.88. The molecule has 0 aliphatic rings. The van der Waals surface area contributed by atoms with Crippen molar-refractivity contribution in [3.05, 3.63) is 41.7 Å². The van der Waals surface area contributed by atoms with Gasteiger partial charge in [0.05, 0.1) is 17.9 Å². The molecule has 6 heteroatoms. The zero-order valence-corrected chi connectivity index (χ0v) is 15.8. The molecule has 0 aliphatic heterocycles. The third-order valence-electron chi connectivity index (χ3n) is 3.42. The molecule has 0 radical (unpaired) electrons. The molecule has 24 heavy (non-hydrogen) atoms. The zero-order chi connectivity index (χ0) is 17.4. The summed E-state index contributed by atoms with van der Waals surface area (Å²) in [5.74, 6) is 1.20. The Morgan fingerprint density at radius 3 is 2.83 bits per heavy atom. The minimum Gasteiger partial charge on any atom is -0.384 e. The summed E-state index contributed by atoms with van der Waals surface area (Å²) in [5, 5.41) is 11.3. The number of rotatable bonds is 8. The third-order valence-corrected chi connectivity index (χ3v) is 5.58. The summed E-state index contributed by atoms with van der Waals surface area (Å²) in [6.07, 6.45) is 3.55. The topological polar surface area (TPSA) is 58.8 Å². The van der Waals surface area contributed by atoms with Crippen LogP contribution in [0.4, 0.5) is 0 Å². The van der Waals surface area contributed by atoms with Crippen LogP contribution in [-0.4, -0.2) is 34.5 Å². The molecule has 2 aromatic heterocycles. The van der Waals surface area contributed by atoms with E-state index in [-0.39, 0.29) is 5.92 Å². The molecule has 126 valence electrons. The lowest BCUT2D eigenvalue weighted by molar-refractivity contribution is 0.219. The normalized spacial score (nSPS) is 10.8. The Labute approximate surface area is 152 Å². The maximum atomic E-state index is 9.61. The SMILES string of the molecule is COCCSCSc1nc(-c2cccnc2)cc(C(C)C)c1C#N. The third kappa shape index (κ3) is 4.97. The largest absolute Gasteiger partial charge is 0.384 e. The van der Waals surface area contributed by atoms with Crippen molar-refractivity contribution in [1.82, 2.24) is 9.97 Å². The summed E-state index contributed by atoms with van der Waals surface area (Å²) in [6.45, 7) is 4.94. The van der Waals surface area contributed by atoms with Gasteiger partial charge in [-0.1, -0.05) is 25.6 Å². The van der Waals surface area contributed by atoms with E-state index in [0.717, 1.165) is 39.3 Å². The minimum atomic E-state index is 0.263. The Hall–Kier alpha value is -1.55. The van der Waals surface area contributed by atoms with E-state index in [0.29, 0.717) is 5.56 Å². The van der Waals surface area contributed by atoms with E-state index in [2.05, 4.69) is 24.9 Å². The van der Waals surface area contributed by atoms with E-state index >= 15 is 0 Å². The average Bonchev–Trinajstić information content (AvgIpc) is 2.61. The highest BCUT2D eigenvalue weighted by Crippen LogP contribution is 2.33. The summed E-state index contributed by atoms with van der Waals surface area (Å²) in [7, 11) is 1.70. The Kier molecular flexibility index (Phi) is 7.57. The fourth-order valence-corrected chi connectivity index (χ4v) is 4.18. The van der Waals surface area contributed by atoms with Crippen molar-refractivity contribution in [3.8, 4) is 17.3 Å². The van der Waals surface area contributed by atoms with E-state index in [4.69, 9.17) is 9.72 Å². The van der Waals surface area contributed by atoms with Crippen LogP contribution in [-0.2, 0) is 4.74 Å². The number of pyridine rings is 2. The summed E-state index contributed by atoms with van der Waals surface area (Å²) in [6, 6.07) is 8.25. The van der Waals surface area contributed by atoms with Crippen LogP contribution < -0.4 is 0 Å². The molecule has 0 atom stereocenters. The first-order valence-electron chi connectivity index (χ1n) is 7.72. The molecule has 4 nitrogen and oxygen atoms in total. The predicted molar refractivity (Wildman–Crippen MR) is 101 cm³/mol. The van der Waals surface area contributed by atoms with Crippen molar-refractivity contribution in [2.24, 2.45) is 0 Å². The molecule has 2 heterocycles. The van der Waals surface area contributed by atoms with E-state index < -0.39 is 0 Å². The number of hydrogen-bond donors (Lipinski definition) is 0. The fourth-order valence-electron chi connectivity index (χ4n) is 2.17. The molecule has 0 aliphatic carbocycles. The van der Waals surface area contributed by atoms with Gasteiger partial charge in [-0.2, -0.15) is 5.26 Å². The van der Waals surface area contributed by atoms with Crippen molar-refractivity contribution in [2.75, 3.05) is 24.6 Å². The first-order chi connectivity index (χ1) is 11.7. The van der Waals surface area contributed by atoms with Gasteiger partial charge in [0.1, 0.15) is 11.1 Å². The predicted octanol–water partition coefficient (Wildman–Crippen LogP) is 4.57. The van der Waals surface area contributed by atoms with E-state index in [1.165, 1.54) is 0 Å². The van der Waals surface area contributed by atoms with Gasteiger partial charge >= 0.3 is 0 Å². The molecule has 2 aromatic rings. The van der Waals surface area contributed by atoms with Gasteiger partial charge < -0.3 is 4.74 Å². The van der Waals surface area contributed by atoms with Crippen molar-refractivity contribution in [3.63, 3.8) is 0 Å².